The Morgan fingerprint density at radius 3 is 2.67 bits per heavy atom. The molecule has 15 heavy (non-hydrogen) atoms. The van der Waals surface area contributed by atoms with Crippen molar-refractivity contribution in [3.63, 3.8) is 0 Å². The molecule has 0 bridgehead atoms. The monoisotopic (exact) mass is 217 g/mol. The molecule has 0 amide bonds. The zero-order valence-electron chi connectivity index (χ0n) is 9.88. The highest BCUT2D eigenvalue weighted by atomic mass is 16.5. The molecule has 1 saturated heterocycles. The highest BCUT2D eigenvalue weighted by Gasteiger charge is 2.26. The molecular weight excluding hydrogens is 194 g/mol. The zero-order valence-corrected chi connectivity index (χ0v) is 9.88. The van der Waals surface area contributed by atoms with Gasteiger partial charge in [-0.05, 0) is 26.3 Å². The summed E-state index contributed by atoms with van der Waals surface area (Å²) in [6.45, 7) is 6.84. The summed E-state index contributed by atoms with van der Waals surface area (Å²) in [6, 6.07) is 0. The van der Waals surface area contributed by atoms with Crippen molar-refractivity contribution in [2.24, 2.45) is 0 Å². The second-order valence-corrected chi connectivity index (χ2v) is 4.18. The van der Waals surface area contributed by atoms with Gasteiger partial charge in [0, 0.05) is 13.7 Å². The van der Waals surface area contributed by atoms with E-state index in [1.165, 1.54) is 6.42 Å². The molecule has 1 N–H and O–H groups in total. The fourth-order valence-electron chi connectivity index (χ4n) is 1.74. The van der Waals surface area contributed by atoms with Gasteiger partial charge in [0.05, 0.1) is 32.0 Å². The van der Waals surface area contributed by atoms with Crippen LogP contribution in [0.25, 0.3) is 0 Å². The summed E-state index contributed by atoms with van der Waals surface area (Å²) >= 11 is 0. The number of hydrogen-bond acceptors (Lipinski definition) is 4. The van der Waals surface area contributed by atoms with E-state index >= 15 is 0 Å². The molecule has 1 rings (SSSR count). The largest absolute Gasteiger partial charge is 0.382 e. The first-order valence-electron chi connectivity index (χ1n) is 5.68. The van der Waals surface area contributed by atoms with Crippen LogP contribution in [0.4, 0.5) is 0 Å². The van der Waals surface area contributed by atoms with E-state index in [0.29, 0.717) is 26.4 Å². The van der Waals surface area contributed by atoms with Crippen molar-refractivity contribution >= 4 is 0 Å². The summed E-state index contributed by atoms with van der Waals surface area (Å²) in [5, 5.41) is 3.35. The molecule has 1 atom stereocenters. The van der Waals surface area contributed by atoms with Crippen molar-refractivity contribution in [2.45, 2.75) is 25.4 Å². The number of methoxy groups -OCH3 is 1. The van der Waals surface area contributed by atoms with Gasteiger partial charge in [-0.1, -0.05) is 0 Å². The van der Waals surface area contributed by atoms with Crippen molar-refractivity contribution in [1.82, 2.24) is 5.32 Å². The van der Waals surface area contributed by atoms with Gasteiger partial charge < -0.3 is 19.5 Å². The van der Waals surface area contributed by atoms with Gasteiger partial charge in [-0.25, -0.2) is 0 Å². The quantitative estimate of drug-likeness (QED) is 0.641. The maximum Gasteiger partial charge on any atom is 0.0779 e. The minimum absolute atomic E-state index is 0.00284. The molecule has 1 aliphatic rings. The average molecular weight is 217 g/mol. The van der Waals surface area contributed by atoms with Crippen LogP contribution in [0.3, 0.4) is 0 Å². The molecule has 0 aromatic heterocycles. The van der Waals surface area contributed by atoms with Gasteiger partial charge in [-0.2, -0.15) is 0 Å². The molecular formula is C11H23NO3. The van der Waals surface area contributed by atoms with Gasteiger partial charge in [-0.15, -0.1) is 0 Å². The van der Waals surface area contributed by atoms with Crippen LogP contribution in [0, 0.1) is 0 Å². The normalized spacial score (nSPS) is 26.8. The molecule has 0 spiro atoms. The topological polar surface area (TPSA) is 39.7 Å². The number of hydrogen-bond donors (Lipinski definition) is 1. The maximum atomic E-state index is 5.82. The van der Waals surface area contributed by atoms with Crippen LogP contribution in [-0.2, 0) is 14.2 Å². The molecule has 0 aliphatic carbocycles. The molecule has 0 aromatic carbocycles. The molecule has 4 heteroatoms. The third-order valence-electron chi connectivity index (χ3n) is 2.67. The molecule has 1 fully saturated rings. The smallest absolute Gasteiger partial charge is 0.0779 e. The molecule has 0 aromatic rings. The Morgan fingerprint density at radius 1 is 1.20 bits per heavy atom. The molecule has 1 heterocycles. The highest BCUT2D eigenvalue weighted by molar-refractivity contribution is 4.82. The molecule has 90 valence electrons. The van der Waals surface area contributed by atoms with Crippen LogP contribution in [0.5, 0.6) is 0 Å². The first-order valence-corrected chi connectivity index (χ1v) is 5.68. The minimum atomic E-state index is 0.00284. The standard InChI is InChI=1S/C11H23NO3/c1-11(4-3-5-12-10-11)15-9-8-14-7-6-13-2/h12H,3-10H2,1-2H3. The van der Waals surface area contributed by atoms with E-state index in [9.17, 15) is 0 Å². The predicted molar refractivity (Wildman–Crippen MR) is 59.2 cm³/mol. The zero-order chi connectivity index (χ0) is 11.0. The lowest BCUT2D eigenvalue weighted by molar-refractivity contribution is -0.0708. The Balaban J connectivity index is 1.98. The van der Waals surface area contributed by atoms with Crippen molar-refractivity contribution in [1.29, 1.82) is 0 Å². The summed E-state index contributed by atoms with van der Waals surface area (Å²) in [6.07, 6.45) is 2.33. The Bertz CT molecular complexity index is 158. The molecule has 1 unspecified atom stereocenters. The summed E-state index contributed by atoms with van der Waals surface area (Å²) in [5.41, 5.74) is 0.00284. The second-order valence-electron chi connectivity index (χ2n) is 4.18. The van der Waals surface area contributed by atoms with E-state index < -0.39 is 0 Å². The Morgan fingerprint density at radius 2 is 2.00 bits per heavy atom. The number of piperidine rings is 1. The third kappa shape index (κ3) is 5.47. The van der Waals surface area contributed by atoms with E-state index in [4.69, 9.17) is 14.2 Å². The van der Waals surface area contributed by atoms with Crippen molar-refractivity contribution < 1.29 is 14.2 Å². The first-order chi connectivity index (χ1) is 7.27. The predicted octanol–water partition coefficient (Wildman–Crippen LogP) is 0.808. The van der Waals surface area contributed by atoms with Crippen LogP contribution in [0.2, 0.25) is 0 Å². The Kier molecular flexibility index (Phi) is 6.17. The van der Waals surface area contributed by atoms with E-state index in [1.807, 2.05) is 0 Å². The van der Waals surface area contributed by atoms with Crippen molar-refractivity contribution in [3.8, 4) is 0 Å². The van der Waals surface area contributed by atoms with Gasteiger partial charge >= 0.3 is 0 Å². The lowest BCUT2D eigenvalue weighted by Gasteiger charge is -2.34. The summed E-state index contributed by atoms with van der Waals surface area (Å²) in [5.74, 6) is 0. The second kappa shape index (κ2) is 7.17. The number of ether oxygens (including phenoxy) is 3. The van der Waals surface area contributed by atoms with Crippen LogP contribution in [0.1, 0.15) is 19.8 Å². The highest BCUT2D eigenvalue weighted by Crippen LogP contribution is 2.19. The lowest BCUT2D eigenvalue weighted by Crippen LogP contribution is -2.45. The Labute approximate surface area is 92.3 Å². The first kappa shape index (κ1) is 12.9. The fraction of sp³-hybridized carbons (Fsp3) is 1.00. The van der Waals surface area contributed by atoms with Crippen LogP contribution < -0.4 is 5.32 Å². The molecule has 4 nitrogen and oxygen atoms in total. The van der Waals surface area contributed by atoms with Gasteiger partial charge in [-0.3, -0.25) is 0 Å². The third-order valence-corrected chi connectivity index (χ3v) is 2.67. The summed E-state index contributed by atoms with van der Waals surface area (Å²) in [7, 11) is 1.68. The van der Waals surface area contributed by atoms with Crippen LogP contribution >= 0.6 is 0 Å². The average Bonchev–Trinajstić information content (AvgIpc) is 2.24. The number of rotatable bonds is 7. The van der Waals surface area contributed by atoms with E-state index in [0.717, 1.165) is 19.5 Å². The lowest BCUT2D eigenvalue weighted by atomic mass is 9.96. The summed E-state index contributed by atoms with van der Waals surface area (Å²) in [4.78, 5) is 0. The SMILES string of the molecule is COCCOCCOC1(C)CCCNC1. The molecule has 0 saturated carbocycles. The van der Waals surface area contributed by atoms with Crippen molar-refractivity contribution in [3.05, 3.63) is 0 Å². The summed E-state index contributed by atoms with van der Waals surface area (Å²) < 4.78 is 16.0. The van der Waals surface area contributed by atoms with Gasteiger partial charge in [0.15, 0.2) is 0 Å². The minimum Gasteiger partial charge on any atom is -0.382 e. The van der Waals surface area contributed by atoms with Gasteiger partial charge in [0.2, 0.25) is 0 Å². The van der Waals surface area contributed by atoms with Gasteiger partial charge in [0.25, 0.3) is 0 Å². The fourth-order valence-corrected chi connectivity index (χ4v) is 1.74. The maximum absolute atomic E-state index is 5.82. The Hall–Kier alpha value is -0.160. The van der Waals surface area contributed by atoms with Crippen LogP contribution in [-0.4, -0.2) is 52.2 Å². The molecule has 0 radical (unpaired) electrons. The van der Waals surface area contributed by atoms with Crippen molar-refractivity contribution in [2.75, 3.05) is 46.6 Å². The van der Waals surface area contributed by atoms with E-state index in [-0.39, 0.29) is 5.60 Å². The van der Waals surface area contributed by atoms with E-state index in [2.05, 4.69) is 12.2 Å². The molecule has 1 aliphatic heterocycles. The van der Waals surface area contributed by atoms with Gasteiger partial charge in [0.1, 0.15) is 0 Å². The van der Waals surface area contributed by atoms with Crippen LogP contribution in [0.15, 0.2) is 0 Å². The van der Waals surface area contributed by atoms with E-state index in [1.54, 1.807) is 7.11 Å². The number of nitrogens with one attached hydrogen (secondary N) is 1.